The predicted octanol–water partition coefficient (Wildman–Crippen LogP) is 4.11. The van der Waals surface area contributed by atoms with Crippen molar-refractivity contribution in [2.75, 3.05) is 25.5 Å². The summed E-state index contributed by atoms with van der Waals surface area (Å²) in [7, 11) is 0. The lowest BCUT2D eigenvalue weighted by molar-refractivity contribution is -0.141. The molecule has 0 N–H and O–H groups in total. The molecule has 2 aromatic rings. The molecule has 0 aliphatic carbocycles. The third kappa shape index (κ3) is 4.63. The highest BCUT2D eigenvalue weighted by molar-refractivity contribution is 7.99. The maximum Gasteiger partial charge on any atom is 0.433 e. The lowest BCUT2D eigenvalue weighted by atomic mass is 10.0. The van der Waals surface area contributed by atoms with Gasteiger partial charge in [0.15, 0.2) is 16.7 Å². The third-order valence-electron chi connectivity index (χ3n) is 4.98. The van der Waals surface area contributed by atoms with Gasteiger partial charge in [0.2, 0.25) is 5.91 Å². The highest BCUT2D eigenvalue weighted by Crippen LogP contribution is 2.38. The molecule has 3 heterocycles. The third-order valence-corrected chi connectivity index (χ3v) is 5.82. The molecular weight excluding hydrogens is 419 g/mol. The molecule has 0 radical (unpaired) electrons. The fourth-order valence-corrected chi connectivity index (χ4v) is 4.29. The summed E-state index contributed by atoms with van der Waals surface area (Å²) < 4.78 is 49.8. The van der Waals surface area contributed by atoms with Crippen LogP contribution in [0.5, 0.6) is 11.5 Å². The molecule has 4 rings (SSSR count). The van der Waals surface area contributed by atoms with Gasteiger partial charge in [-0.15, -0.1) is 0 Å². The van der Waals surface area contributed by atoms with E-state index in [0.717, 1.165) is 48.9 Å². The zero-order valence-electron chi connectivity index (χ0n) is 16.0. The summed E-state index contributed by atoms with van der Waals surface area (Å²) in [5.74, 6) is 1.19. The van der Waals surface area contributed by atoms with Crippen LogP contribution in [0.15, 0.2) is 35.6 Å². The number of hydrogen-bond donors (Lipinski definition) is 0. The van der Waals surface area contributed by atoms with Crippen LogP contribution in [0, 0.1) is 0 Å². The van der Waals surface area contributed by atoms with E-state index in [1.165, 1.54) is 0 Å². The van der Waals surface area contributed by atoms with Crippen LogP contribution in [0.25, 0.3) is 0 Å². The maximum absolute atomic E-state index is 12.8. The molecule has 0 bridgehead atoms. The fraction of sp³-hybridized carbons (Fsp3) is 0.450. The molecule has 30 heavy (non-hydrogen) atoms. The fourth-order valence-electron chi connectivity index (χ4n) is 3.58. The number of carbonyl (C=O) groups is 1. The quantitative estimate of drug-likeness (QED) is 0.528. The van der Waals surface area contributed by atoms with E-state index < -0.39 is 11.9 Å². The lowest BCUT2D eigenvalue weighted by Gasteiger charge is -2.25. The van der Waals surface area contributed by atoms with Gasteiger partial charge in [0.05, 0.1) is 25.0 Å². The number of hydrogen-bond acceptors (Lipinski definition) is 6. The average molecular weight is 439 g/mol. The van der Waals surface area contributed by atoms with Crippen LogP contribution in [0.1, 0.15) is 36.6 Å². The van der Waals surface area contributed by atoms with Crippen LogP contribution < -0.4 is 9.47 Å². The molecule has 1 saturated heterocycles. The summed E-state index contributed by atoms with van der Waals surface area (Å²) >= 11 is 0.910. The van der Waals surface area contributed by atoms with Crippen LogP contribution in [0.3, 0.4) is 0 Å². The van der Waals surface area contributed by atoms with Gasteiger partial charge >= 0.3 is 6.18 Å². The molecule has 1 aromatic carbocycles. The van der Waals surface area contributed by atoms with E-state index in [1.807, 2.05) is 18.2 Å². The van der Waals surface area contributed by atoms with Gasteiger partial charge in [-0.3, -0.25) is 4.79 Å². The molecule has 0 unspecified atom stereocenters. The number of halogens is 3. The molecule has 1 aromatic heterocycles. The molecule has 6 nitrogen and oxygen atoms in total. The standard InChI is InChI=1S/C20H20F3N3O3S/c21-20(22,23)17-6-7-24-19(25-17)30-12-18(27)26-8-1-3-14(26)13-4-5-15-16(11-13)29-10-2-9-28-15/h4-7,11,14H,1-3,8-10,12H2/t14-/m0/s1. The molecule has 160 valence electrons. The van der Waals surface area contributed by atoms with Gasteiger partial charge in [-0.05, 0) is 36.6 Å². The summed E-state index contributed by atoms with van der Waals surface area (Å²) in [6, 6.07) is 6.43. The number of fused-ring (bicyclic) bond motifs is 1. The van der Waals surface area contributed by atoms with Crippen molar-refractivity contribution in [1.82, 2.24) is 14.9 Å². The number of rotatable bonds is 4. The Morgan fingerprint density at radius 1 is 1.17 bits per heavy atom. The van der Waals surface area contributed by atoms with Crippen molar-refractivity contribution in [2.24, 2.45) is 0 Å². The van der Waals surface area contributed by atoms with Crippen LogP contribution in [0.4, 0.5) is 13.2 Å². The van der Waals surface area contributed by atoms with E-state index in [9.17, 15) is 18.0 Å². The van der Waals surface area contributed by atoms with Gasteiger partial charge in [-0.1, -0.05) is 17.8 Å². The summed E-state index contributed by atoms with van der Waals surface area (Å²) in [6.45, 7) is 1.79. The van der Waals surface area contributed by atoms with Crippen molar-refractivity contribution < 1.29 is 27.4 Å². The Balaban J connectivity index is 1.44. The van der Waals surface area contributed by atoms with Gasteiger partial charge in [0, 0.05) is 19.2 Å². The minimum Gasteiger partial charge on any atom is -0.490 e. The zero-order chi connectivity index (χ0) is 21.1. The number of thioether (sulfide) groups is 1. The van der Waals surface area contributed by atoms with Crippen molar-refractivity contribution in [3.8, 4) is 11.5 Å². The Hall–Kier alpha value is -2.49. The first-order chi connectivity index (χ1) is 14.4. The van der Waals surface area contributed by atoms with Crippen molar-refractivity contribution >= 4 is 17.7 Å². The molecule has 1 fully saturated rings. The Morgan fingerprint density at radius 2 is 1.97 bits per heavy atom. The van der Waals surface area contributed by atoms with E-state index in [2.05, 4.69) is 9.97 Å². The normalized spacial score (nSPS) is 18.9. The van der Waals surface area contributed by atoms with E-state index in [1.54, 1.807) is 4.90 Å². The number of likely N-dealkylation sites (tertiary alicyclic amines) is 1. The first-order valence-electron chi connectivity index (χ1n) is 9.64. The Morgan fingerprint density at radius 3 is 2.77 bits per heavy atom. The second-order valence-electron chi connectivity index (χ2n) is 7.01. The van der Waals surface area contributed by atoms with Gasteiger partial charge in [0.25, 0.3) is 0 Å². The van der Waals surface area contributed by atoms with E-state index in [4.69, 9.17) is 9.47 Å². The first-order valence-corrected chi connectivity index (χ1v) is 10.6. The number of carbonyl (C=O) groups excluding carboxylic acids is 1. The number of amides is 1. The van der Waals surface area contributed by atoms with Crippen LogP contribution >= 0.6 is 11.8 Å². The van der Waals surface area contributed by atoms with Crippen molar-refractivity contribution in [2.45, 2.75) is 36.6 Å². The Labute approximate surface area is 175 Å². The van der Waals surface area contributed by atoms with E-state index in [0.29, 0.717) is 31.3 Å². The summed E-state index contributed by atoms with van der Waals surface area (Å²) in [5.41, 5.74) is -0.0517. The van der Waals surface area contributed by atoms with Crippen molar-refractivity contribution in [3.05, 3.63) is 41.7 Å². The SMILES string of the molecule is O=C(CSc1nccc(C(F)(F)F)n1)N1CCC[C@H]1c1ccc2c(c1)OCCCO2. The number of benzene rings is 1. The lowest BCUT2D eigenvalue weighted by Crippen LogP contribution is -2.32. The number of nitrogens with zero attached hydrogens (tertiary/aromatic N) is 3. The minimum absolute atomic E-state index is 0.0254. The largest absolute Gasteiger partial charge is 0.490 e. The zero-order valence-corrected chi connectivity index (χ0v) is 16.8. The Bertz CT molecular complexity index is 926. The second kappa shape index (κ2) is 8.71. The first kappa shape index (κ1) is 20.8. The monoisotopic (exact) mass is 439 g/mol. The van der Waals surface area contributed by atoms with E-state index in [-0.39, 0.29) is 22.9 Å². The molecule has 2 aliphatic heterocycles. The molecular formula is C20H20F3N3O3S. The highest BCUT2D eigenvalue weighted by Gasteiger charge is 2.33. The smallest absolute Gasteiger partial charge is 0.433 e. The predicted molar refractivity (Wildman–Crippen MR) is 103 cm³/mol. The van der Waals surface area contributed by atoms with Crippen LogP contribution in [0.2, 0.25) is 0 Å². The van der Waals surface area contributed by atoms with Gasteiger partial charge < -0.3 is 14.4 Å². The maximum atomic E-state index is 12.8. The summed E-state index contributed by atoms with van der Waals surface area (Å²) in [4.78, 5) is 21.9. The molecule has 0 spiro atoms. The highest BCUT2D eigenvalue weighted by atomic mass is 32.2. The Kier molecular flexibility index (Phi) is 6.03. The van der Waals surface area contributed by atoms with E-state index >= 15 is 0 Å². The average Bonchev–Trinajstić information content (AvgIpc) is 3.10. The van der Waals surface area contributed by atoms with Gasteiger partial charge in [0.1, 0.15) is 5.69 Å². The molecule has 10 heteroatoms. The van der Waals surface area contributed by atoms with Crippen molar-refractivity contribution in [1.29, 1.82) is 0 Å². The molecule has 1 amide bonds. The van der Waals surface area contributed by atoms with Crippen molar-refractivity contribution in [3.63, 3.8) is 0 Å². The number of aromatic nitrogens is 2. The topological polar surface area (TPSA) is 64.6 Å². The summed E-state index contributed by atoms with van der Waals surface area (Å²) in [5, 5.41) is -0.0653. The number of alkyl halides is 3. The number of ether oxygens (including phenoxy) is 2. The van der Waals surface area contributed by atoms with Gasteiger partial charge in [-0.2, -0.15) is 13.2 Å². The summed E-state index contributed by atoms with van der Waals surface area (Å²) in [6.07, 6.45) is -1.00. The molecule has 0 saturated carbocycles. The molecule has 2 aliphatic rings. The van der Waals surface area contributed by atoms with Gasteiger partial charge in [-0.25, -0.2) is 9.97 Å². The molecule has 1 atom stereocenters. The minimum atomic E-state index is -4.54. The van der Waals surface area contributed by atoms with Crippen LogP contribution in [-0.2, 0) is 11.0 Å². The van der Waals surface area contributed by atoms with Crippen LogP contribution in [-0.4, -0.2) is 46.3 Å². The second-order valence-corrected chi connectivity index (χ2v) is 7.96.